The molecule has 1 aromatic heterocycles. The molecule has 0 aliphatic carbocycles. The molecule has 1 atom stereocenters. The Hall–Kier alpha value is -1.31. The SMILES string of the molecule is CCn1c(-c2ccc(Br)cc2)cnc1SC(C)C(=O)NCCOC. The van der Waals surface area contributed by atoms with Crippen molar-refractivity contribution >= 4 is 33.6 Å². The first kappa shape index (κ1) is 19.0. The van der Waals surface area contributed by atoms with Crippen LogP contribution < -0.4 is 5.32 Å². The number of hydrogen-bond donors (Lipinski definition) is 1. The first-order chi connectivity index (χ1) is 11.6. The fourth-order valence-electron chi connectivity index (χ4n) is 2.24. The van der Waals surface area contributed by atoms with Crippen LogP contribution >= 0.6 is 27.7 Å². The van der Waals surface area contributed by atoms with Gasteiger partial charge in [0.2, 0.25) is 5.91 Å². The maximum absolute atomic E-state index is 12.1. The Morgan fingerprint density at radius 2 is 2.12 bits per heavy atom. The molecule has 2 rings (SSSR count). The number of methoxy groups -OCH3 is 1. The molecule has 0 bridgehead atoms. The van der Waals surface area contributed by atoms with Crippen LogP contribution in [0.25, 0.3) is 11.3 Å². The molecule has 0 spiro atoms. The summed E-state index contributed by atoms with van der Waals surface area (Å²) in [6, 6.07) is 8.15. The van der Waals surface area contributed by atoms with Gasteiger partial charge in [0.15, 0.2) is 5.16 Å². The average Bonchev–Trinajstić information content (AvgIpc) is 2.98. The van der Waals surface area contributed by atoms with E-state index in [2.05, 4.69) is 49.9 Å². The van der Waals surface area contributed by atoms with E-state index in [9.17, 15) is 4.79 Å². The Kier molecular flexibility index (Phi) is 7.33. The molecule has 0 saturated heterocycles. The Balaban J connectivity index is 2.11. The van der Waals surface area contributed by atoms with Crippen molar-refractivity contribution in [3.05, 3.63) is 34.9 Å². The number of hydrogen-bond acceptors (Lipinski definition) is 4. The van der Waals surface area contributed by atoms with Crippen molar-refractivity contribution < 1.29 is 9.53 Å². The molecule has 7 heteroatoms. The maximum atomic E-state index is 12.1. The van der Waals surface area contributed by atoms with Gasteiger partial charge in [-0.05, 0) is 31.5 Å². The predicted octanol–water partition coefficient (Wildman–Crippen LogP) is 3.58. The number of benzene rings is 1. The van der Waals surface area contributed by atoms with Gasteiger partial charge < -0.3 is 14.6 Å². The van der Waals surface area contributed by atoms with Crippen molar-refractivity contribution in [3.8, 4) is 11.3 Å². The summed E-state index contributed by atoms with van der Waals surface area (Å²) in [5.41, 5.74) is 2.16. The van der Waals surface area contributed by atoms with Gasteiger partial charge in [0.1, 0.15) is 0 Å². The van der Waals surface area contributed by atoms with Crippen LogP contribution in [-0.2, 0) is 16.1 Å². The first-order valence-electron chi connectivity index (χ1n) is 7.81. The fourth-order valence-corrected chi connectivity index (χ4v) is 3.48. The van der Waals surface area contributed by atoms with Crippen LogP contribution in [0.1, 0.15) is 13.8 Å². The van der Waals surface area contributed by atoms with E-state index in [1.165, 1.54) is 11.8 Å². The predicted molar refractivity (Wildman–Crippen MR) is 101 cm³/mol. The van der Waals surface area contributed by atoms with Gasteiger partial charge in [0.25, 0.3) is 0 Å². The van der Waals surface area contributed by atoms with E-state index >= 15 is 0 Å². The van der Waals surface area contributed by atoms with E-state index in [1.807, 2.05) is 25.3 Å². The van der Waals surface area contributed by atoms with Crippen LogP contribution in [0.15, 0.2) is 40.1 Å². The number of imidazole rings is 1. The van der Waals surface area contributed by atoms with E-state index in [1.54, 1.807) is 7.11 Å². The van der Waals surface area contributed by atoms with Gasteiger partial charge in [-0.25, -0.2) is 4.98 Å². The number of aromatic nitrogens is 2. The zero-order valence-corrected chi connectivity index (χ0v) is 16.5. The summed E-state index contributed by atoms with van der Waals surface area (Å²) in [6.45, 7) is 5.80. The lowest BCUT2D eigenvalue weighted by Gasteiger charge is -2.13. The zero-order chi connectivity index (χ0) is 17.5. The van der Waals surface area contributed by atoms with Crippen molar-refractivity contribution in [3.63, 3.8) is 0 Å². The van der Waals surface area contributed by atoms with Crippen LogP contribution in [0.4, 0.5) is 0 Å². The van der Waals surface area contributed by atoms with Crippen LogP contribution in [0, 0.1) is 0 Å². The first-order valence-corrected chi connectivity index (χ1v) is 9.48. The molecule has 1 N–H and O–H groups in total. The van der Waals surface area contributed by atoms with Crippen molar-refractivity contribution in [2.45, 2.75) is 30.8 Å². The van der Waals surface area contributed by atoms with E-state index < -0.39 is 0 Å². The third-order valence-electron chi connectivity index (χ3n) is 3.53. The van der Waals surface area contributed by atoms with E-state index in [4.69, 9.17) is 4.74 Å². The minimum atomic E-state index is -0.215. The number of halogens is 1. The molecule has 24 heavy (non-hydrogen) atoms. The number of nitrogens with zero attached hydrogens (tertiary/aromatic N) is 2. The van der Waals surface area contributed by atoms with Gasteiger partial charge in [-0.1, -0.05) is 39.8 Å². The summed E-state index contributed by atoms with van der Waals surface area (Å²) < 4.78 is 8.12. The zero-order valence-electron chi connectivity index (χ0n) is 14.1. The van der Waals surface area contributed by atoms with Crippen molar-refractivity contribution in [2.75, 3.05) is 20.3 Å². The molecule has 2 aromatic rings. The Labute approximate surface area is 155 Å². The second-order valence-electron chi connectivity index (χ2n) is 5.22. The van der Waals surface area contributed by atoms with Gasteiger partial charge >= 0.3 is 0 Å². The standard InChI is InChI=1S/C17H22BrN3O2S/c1-4-21-15(13-5-7-14(18)8-6-13)11-20-17(21)24-12(2)16(22)19-9-10-23-3/h5-8,11-12H,4,9-10H2,1-3H3,(H,19,22). The Morgan fingerprint density at radius 1 is 1.42 bits per heavy atom. The summed E-state index contributed by atoms with van der Waals surface area (Å²) >= 11 is 4.92. The van der Waals surface area contributed by atoms with Gasteiger partial charge in [-0.15, -0.1) is 0 Å². The number of thioether (sulfide) groups is 1. The molecule has 0 aliphatic rings. The Bertz CT molecular complexity index is 673. The molecule has 1 amide bonds. The summed E-state index contributed by atoms with van der Waals surface area (Å²) in [5, 5.41) is 3.50. The normalized spacial score (nSPS) is 12.2. The van der Waals surface area contributed by atoms with Gasteiger partial charge in [0, 0.05) is 24.7 Å². The second kappa shape index (κ2) is 9.25. The van der Waals surface area contributed by atoms with Crippen molar-refractivity contribution in [1.82, 2.24) is 14.9 Å². The fraction of sp³-hybridized carbons (Fsp3) is 0.412. The van der Waals surface area contributed by atoms with Crippen LogP contribution in [0.2, 0.25) is 0 Å². The Morgan fingerprint density at radius 3 is 2.75 bits per heavy atom. The van der Waals surface area contributed by atoms with Crippen LogP contribution in [-0.4, -0.2) is 41.0 Å². The third-order valence-corrected chi connectivity index (χ3v) is 5.16. The monoisotopic (exact) mass is 411 g/mol. The van der Waals surface area contributed by atoms with Gasteiger partial charge in [0.05, 0.1) is 23.7 Å². The summed E-state index contributed by atoms with van der Waals surface area (Å²) in [5.74, 6) is -0.00658. The molecule has 0 aliphatic heterocycles. The van der Waals surface area contributed by atoms with Crippen LogP contribution in [0.5, 0.6) is 0 Å². The smallest absolute Gasteiger partial charge is 0.233 e. The summed E-state index contributed by atoms with van der Waals surface area (Å²) in [7, 11) is 1.62. The quantitative estimate of drug-likeness (QED) is 0.532. The van der Waals surface area contributed by atoms with Crippen molar-refractivity contribution in [2.24, 2.45) is 0 Å². The van der Waals surface area contributed by atoms with Crippen molar-refractivity contribution in [1.29, 1.82) is 0 Å². The lowest BCUT2D eigenvalue weighted by molar-refractivity contribution is -0.120. The number of ether oxygens (including phenoxy) is 1. The second-order valence-corrected chi connectivity index (χ2v) is 7.44. The largest absolute Gasteiger partial charge is 0.383 e. The molecule has 1 heterocycles. The molecule has 0 fully saturated rings. The highest BCUT2D eigenvalue weighted by Crippen LogP contribution is 2.29. The number of rotatable bonds is 8. The molecule has 1 aromatic carbocycles. The average molecular weight is 412 g/mol. The summed E-state index contributed by atoms with van der Waals surface area (Å²) in [4.78, 5) is 16.6. The van der Waals surface area contributed by atoms with Gasteiger partial charge in [-0.2, -0.15) is 0 Å². The molecular weight excluding hydrogens is 390 g/mol. The lowest BCUT2D eigenvalue weighted by Crippen LogP contribution is -2.33. The van der Waals surface area contributed by atoms with E-state index in [-0.39, 0.29) is 11.2 Å². The molecule has 0 saturated carbocycles. The maximum Gasteiger partial charge on any atom is 0.233 e. The highest BCUT2D eigenvalue weighted by atomic mass is 79.9. The molecule has 1 unspecified atom stereocenters. The third kappa shape index (κ3) is 4.84. The number of carbonyl (C=O) groups is 1. The molecular formula is C17H22BrN3O2S. The lowest BCUT2D eigenvalue weighted by atomic mass is 10.2. The molecule has 130 valence electrons. The van der Waals surface area contributed by atoms with E-state index in [0.29, 0.717) is 13.2 Å². The number of amides is 1. The summed E-state index contributed by atoms with van der Waals surface area (Å²) in [6.07, 6.45) is 1.87. The highest BCUT2D eigenvalue weighted by Gasteiger charge is 2.18. The van der Waals surface area contributed by atoms with E-state index in [0.717, 1.165) is 27.4 Å². The molecule has 0 radical (unpaired) electrons. The number of nitrogens with one attached hydrogen (secondary N) is 1. The topological polar surface area (TPSA) is 56.2 Å². The van der Waals surface area contributed by atoms with Crippen LogP contribution in [0.3, 0.4) is 0 Å². The minimum Gasteiger partial charge on any atom is -0.383 e. The minimum absolute atomic E-state index is 0.00658. The number of carbonyl (C=O) groups excluding carboxylic acids is 1. The highest BCUT2D eigenvalue weighted by molar-refractivity contribution is 9.10. The molecule has 5 nitrogen and oxygen atoms in total. The van der Waals surface area contributed by atoms with Gasteiger partial charge in [-0.3, -0.25) is 4.79 Å².